The second-order valence-corrected chi connectivity index (χ2v) is 5.32. The van der Waals surface area contributed by atoms with Crippen molar-refractivity contribution in [3.63, 3.8) is 0 Å². The Morgan fingerprint density at radius 3 is 3.25 bits per heavy atom. The van der Waals surface area contributed by atoms with Crippen LogP contribution in [0.4, 0.5) is 0 Å². The highest BCUT2D eigenvalue weighted by molar-refractivity contribution is 6.21. The molecule has 0 aromatic heterocycles. The van der Waals surface area contributed by atoms with Crippen molar-refractivity contribution in [3.8, 4) is 0 Å². The summed E-state index contributed by atoms with van der Waals surface area (Å²) in [5.41, 5.74) is 2.80. The topological polar surface area (TPSA) is 60.3 Å². The lowest BCUT2D eigenvalue weighted by Gasteiger charge is -2.20. The van der Waals surface area contributed by atoms with Crippen LogP contribution in [0, 0.1) is 11.3 Å². The van der Waals surface area contributed by atoms with Gasteiger partial charge in [-0.05, 0) is 31.5 Å². The fourth-order valence-electron chi connectivity index (χ4n) is 2.67. The molecule has 4 nitrogen and oxygen atoms in total. The molecule has 2 unspecified atom stereocenters. The maximum absolute atomic E-state index is 7.61. The Labute approximate surface area is 119 Å². The van der Waals surface area contributed by atoms with Gasteiger partial charge >= 0.3 is 0 Å². The Morgan fingerprint density at radius 2 is 2.45 bits per heavy atom. The number of fused-ring (bicyclic) bond motifs is 1. The van der Waals surface area contributed by atoms with Gasteiger partial charge in [-0.2, -0.15) is 0 Å². The molecule has 0 saturated carbocycles. The highest BCUT2D eigenvalue weighted by Gasteiger charge is 2.18. The lowest BCUT2D eigenvalue weighted by molar-refractivity contribution is 0.638. The van der Waals surface area contributed by atoms with Gasteiger partial charge in [0.2, 0.25) is 0 Å². The predicted octanol–water partition coefficient (Wildman–Crippen LogP) is 1.94. The van der Waals surface area contributed by atoms with E-state index in [0.717, 1.165) is 42.9 Å². The van der Waals surface area contributed by atoms with E-state index in [1.807, 2.05) is 12.3 Å². The first kappa shape index (κ1) is 13.1. The summed E-state index contributed by atoms with van der Waals surface area (Å²) in [6.07, 6.45) is 16.0. The van der Waals surface area contributed by atoms with Crippen LogP contribution in [-0.4, -0.2) is 31.1 Å². The van der Waals surface area contributed by atoms with E-state index in [0.29, 0.717) is 12.0 Å². The number of hydrogen-bond acceptors (Lipinski definition) is 4. The van der Waals surface area contributed by atoms with E-state index in [2.05, 4.69) is 39.9 Å². The monoisotopic (exact) mass is 268 g/mol. The number of dihydropyridines is 1. The maximum Gasteiger partial charge on any atom is 0.0732 e. The number of nitrogens with one attached hydrogen (secondary N) is 3. The molecule has 3 rings (SSSR count). The van der Waals surface area contributed by atoms with Gasteiger partial charge in [-0.3, -0.25) is 4.99 Å². The van der Waals surface area contributed by atoms with Gasteiger partial charge in [0, 0.05) is 42.2 Å². The summed E-state index contributed by atoms with van der Waals surface area (Å²) in [4.78, 5) is 4.68. The maximum atomic E-state index is 7.61. The fourth-order valence-corrected chi connectivity index (χ4v) is 2.67. The largest absolute Gasteiger partial charge is 0.386 e. The van der Waals surface area contributed by atoms with Gasteiger partial charge in [0.05, 0.1) is 5.71 Å². The zero-order valence-corrected chi connectivity index (χ0v) is 11.5. The Hall–Kier alpha value is -1.94. The molecular weight excluding hydrogens is 248 g/mol. The molecule has 1 fully saturated rings. The Morgan fingerprint density at radius 1 is 1.50 bits per heavy atom. The molecule has 0 aromatic rings. The number of nitrogens with zero attached hydrogens (tertiary/aromatic N) is 1. The van der Waals surface area contributed by atoms with Crippen molar-refractivity contribution in [2.24, 2.45) is 10.9 Å². The molecule has 1 saturated heterocycles. The highest BCUT2D eigenvalue weighted by Crippen LogP contribution is 2.27. The zero-order chi connectivity index (χ0) is 13.8. The second kappa shape index (κ2) is 6.01. The second-order valence-electron chi connectivity index (χ2n) is 5.32. The molecule has 0 bridgehead atoms. The normalized spacial score (nSPS) is 28.7. The van der Waals surface area contributed by atoms with E-state index in [4.69, 9.17) is 5.41 Å². The Balaban J connectivity index is 1.75. The van der Waals surface area contributed by atoms with Crippen molar-refractivity contribution in [1.29, 1.82) is 5.41 Å². The minimum absolute atomic E-state index is 0.405. The summed E-state index contributed by atoms with van der Waals surface area (Å²) >= 11 is 0. The predicted molar refractivity (Wildman–Crippen MR) is 83.2 cm³/mol. The highest BCUT2D eigenvalue weighted by atomic mass is 15.0. The average molecular weight is 268 g/mol. The molecule has 2 atom stereocenters. The number of aliphatic imine (C=N–C) groups is 1. The molecule has 20 heavy (non-hydrogen) atoms. The van der Waals surface area contributed by atoms with E-state index >= 15 is 0 Å². The molecule has 0 radical (unpaired) electrons. The lowest BCUT2D eigenvalue weighted by Crippen LogP contribution is -2.27. The van der Waals surface area contributed by atoms with Crippen molar-refractivity contribution < 1.29 is 0 Å². The molecule has 0 amide bonds. The molecule has 4 heteroatoms. The first-order valence-electron chi connectivity index (χ1n) is 7.18. The van der Waals surface area contributed by atoms with Crippen LogP contribution in [-0.2, 0) is 0 Å². The van der Waals surface area contributed by atoms with Crippen LogP contribution < -0.4 is 10.6 Å². The Kier molecular flexibility index (Phi) is 3.92. The fraction of sp³-hybridized carbons (Fsp3) is 0.375. The van der Waals surface area contributed by atoms with Crippen LogP contribution in [0.3, 0.4) is 0 Å². The van der Waals surface area contributed by atoms with Gasteiger partial charge in [-0.15, -0.1) is 0 Å². The molecule has 0 spiro atoms. The number of allylic oxidation sites excluding steroid dienone is 6. The summed E-state index contributed by atoms with van der Waals surface area (Å²) in [5.74, 6) is 0.405. The van der Waals surface area contributed by atoms with E-state index in [-0.39, 0.29) is 0 Å². The quantitative estimate of drug-likeness (QED) is 0.682. The van der Waals surface area contributed by atoms with E-state index in [1.54, 1.807) is 0 Å². The lowest BCUT2D eigenvalue weighted by atomic mass is 9.93. The third-order valence-corrected chi connectivity index (χ3v) is 3.90. The first-order valence-corrected chi connectivity index (χ1v) is 7.18. The Bertz CT molecular complexity index is 531. The summed E-state index contributed by atoms with van der Waals surface area (Å²) in [6.45, 7) is 2.05. The minimum Gasteiger partial charge on any atom is -0.386 e. The van der Waals surface area contributed by atoms with Crippen LogP contribution in [0.5, 0.6) is 0 Å². The summed E-state index contributed by atoms with van der Waals surface area (Å²) in [5, 5.41) is 14.3. The van der Waals surface area contributed by atoms with Gasteiger partial charge in [-0.1, -0.05) is 18.2 Å². The summed E-state index contributed by atoms with van der Waals surface area (Å²) in [6, 6.07) is 0.461. The molecule has 2 heterocycles. The molecule has 3 N–H and O–H groups in total. The van der Waals surface area contributed by atoms with Gasteiger partial charge in [0.25, 0.3) is 0 Å². The van der Waals surface area contributed by atoms with Crippen molar-refractivity contribution in [2.45, 2.75) is 18.9 Å². The van der Waals surface area contributed by atoms with Gasteiger partial charge < -0.3 is 16.0 Å². The number of rotatable bonds is 4. The smallest absolute Gasteiger partial charge is 0.0732 e. The van der Waals surface area contributed by atoms with E-state index in [9.17, 15) is 0 Å². The first-order chi connectivity index (χ1) is 9.86. The van der Waals surface area contributed by atoms with Crippen LogP contribution >= 0.6 is 0 Å². The van der Waals surface area contributed by atoms with Crippen LogP contribution in [0.25, 0.3) is 0 Å². The van der Waals surface area contributed by atoms with Crippen LogP contribution in [0.15, 0.2) is 52.8 Å². The summed E-state index contributed by atoms with van der Waals surface area (Å²) in [7, 11) is 0. The third kappa shape index (κ3) is 2.80. The molecule has 104 valence electrons. The molecular formula is C16H20N4. The van der Waals surface area contributed by atoms with Gasteiger partial charge in [0.15, 0.2) is 0 Å². The van der Waals surface area contributed by atoms with Crippen molar-refractivity contribution in [2.75, 3.05) is 13.1 Å². The van der Waals surface area contributed by atoms with E-state index < -0.39 is 0 Å². The van der Waals surface area contributed by atoms with Crippen LogP contribution in [0.2, 0.25) is 0 Å². The van der Waals surface area contributed by atoms with Gasteiger partial charge in [-0.25, -0.2) is 0 Å². The molecule has 1 aliphatic carbocycles. The van der Waals surface area contributed by atoms with E-state index in [1.165, 1.54) is 6.21 Å². The molecule has 0 aromatic carbocycles. The van der Waals surface area contributed by atoms with Gasteiger partial charge in [0.1, 0.15) is 0 Å². The molecule has 3 aliphatic rings. The van der Waals surface area contributed by atoms with Crippen molar-refractivity contribution in [3.05, 3.63) is 47.9 Å². The molecule has 2 aliphatic heterocycles. The van der Waals surface area contributed by atoms with Crippen molar-refractivity contribution >= 4 is 11.9 Å². The minimum atomic E-state index is 0.405. The zero-order valence-electron chi connectivity index (χ0n) is 11.5. The standard InChI is InChI=1S/C16H20N4/c17-9-13(10-19-14-7-8-18-11-14)16-6-5-12-3-1-2-4-15(12)20-16/h1-2,4-6,9-10,12,14,17-19H,3,7-8,11H2/b13-10+,17-9?. The third-order valence-electron chi connectivity index (χ3n) is 3.90. The van der Waals surface area contributed by atoms with Crippen LogP contribution in [0.1, 0.15) is 12.8 Å². The average Bonchev–Trinajstić information content (AvgIpc) is 3.01. The summed E-state index contributed by atoms with van der Waals surface area (Å²) < 4.78 is 0. The van der Waals surface area contributed by atoms with Crippen molar-refractivity contribution in [1.82, 2.24) is 10.6 Å². The number of hydrogen-bond donors (Lipinski definition) is 3. The SMILES string of the molecule is N=C/C(=C\NC1CCNC1)C1=NC2=CC=CCC2C=C1.